The van der Waals surface area contributed by atoms with Crippen molar-refractivity contribution >= 4 is 5.91 Å². The monoisotopic (exact) mass is 251 g/mol. The molecule has 1 aliphatic carbocycles. The predicted octanol–water partition coefficient (Wildman–Crippen LogP) is 0.873. The Bertz CT molecular complexity index is 428. The molecule has 18 heavy (non-hydrogen) atoms. The quantitative estimate of drug-likeness (QED) is 0.834. The predicted molar refractivity (Wildman–Crippen MR) is 68.3 cm³/mol. The third-order valence-corrected chi connectivity index (χ3v) is 3.69. The first-order valence-corrected chi connectivity index (χ1v) is 6.60. The minimum Gasteiger partial charge on any atom is -0.396 e. The number of aromatic nitrogens is 2. The van der Waals surface area contributed by atoms with E-state index in [1.807, 2.05) is 14.0 Å². The lowest BCUT2D eigenvalue weighted by atomic mass is 10.0. The molecule has 0 bridgehead atoms. The Morgan fingerprint density at radius 3 is 3.06 bits per heavy atom. The topological polar surface area (TPSA) is 67.2 Å². The van der Waals surface area contributed by atoms with Gasteiger partial charge < -0.3 is 10.4 Å². The second-order valence-corrected chi connectivity index (χ2v) is 4.97. The van der Waals surface area contributed by atoms with Gasteiger partial charge in [0, 0.05) is 31.8 Å². The molecule has 2 rings (SSSR count). The van der Waals surface area contributed by atoms with Crippen LogP contribution in [0.15, 0.2) is 6.20 Å². The number of hydrogen-bond acceptors (Lipinski definition) is 3. The molecule has 2 atom stereocenters. The summed E-state index contributed by atoms with van der Waals surface area (Å²) in [4.78, 5) is 12.2. The number of rotatable bonds is 4. The SMILES string of the molecule is CCc1nn(C)cc1C(=O)NC1CCCC1CO. The summed E-state index contributed by atoms with van der Waals surface area (Å²) in [5, 5.41) is 16.6. The number of carbonyl (C=O) groups excluding carboxylic acids is 1. The molecule has 2 unspecified atom stereocenters. The van der Waals surface area contributed by atoms with Crippen molar-refractivity contribution < 1.29 is 9.90 Å². The first kappa shape index (κ1) is 13.1. The van der Waals surface area contributed by atoms with Crippen LogP contribution in [0.1, 0.15) is 42.2 Å². The molecule has 1 aromatic rings. The normalized spacial score (nSPS) is 23.3. The van der Waals surface area contributed by atoms with Crippen LogP contribution in [0.2, 0.25) is 0 Å². The second kappa shape index (κ2) is 5.52. The maximum atomic E-state index is 12.2. The highest BCUT2D eigenvalue weighted by Crippen LogP contribution is 2.25. The molecule has 0 radical (unpaired) electrons. The standard InChI is InChI=1S/C13H21N3O2/c1-3-11-10(7-16(2)15-11)13(18)14-12-6-4-5-9(12)8-17/h7,9,12,17H,3-6,8H2,1-2H3,(H,14,18). The minimum atomic E-state index is -0.0645. The third-order valence-electron chi connectivity index (χ3n) is 3.69. The van der Waals surface area contributed by atoms with Crippen LogP contribution >= 0.6 is 0 Å². The van der Waals surface area contributed by atoms with E-state index in [1.54, 1.807) is 10.9 Å². The molecule has 1 fully saturated rings. The Labute approximate surface area is 107 Å². The van der Waals surface area contributed by atoms with Crippen LogP contribution in [-0.4, -0.2) is 33.4 Å². The molecule has 100 valence electrons. The molecule has 5 heteroatoms. The largest absolute Gasteiger partial charge is 0.396 e. The Morgan fingerprint density at radius 2 is 2.39 bits per heavy atom. The summed E-state index contributed by atoms with van der Waals surface area (Å²) in [5.74, 6) is 0.140. The van der Waals surface area contributed by atoms with Crippen molar-refractivity contribution in [2.24, 2.45) is 13.0 Å². The van der Waals surface area contributed by atoms with E-state index in [0.717, 1.165) is 31.4 Å². The van der Waals surface area contributed by atoms with Gasteiger partial charge in [0.1, 0.15) is 0 Å². The Balaban J connectivity index is 2.07. The van der Waals surface area contributed by atoms with E-state index in [1.165, 1.54) is 0 Å². The lowest BCUT2D eigenvalue weighted by molar-refractivity contribution is 0.0915. The lowest BCUT2D eigenvalue weighted by Gasteiger charge is -2.18. The molecule has 1 aromatic heterocycles. The molecule has 0 spiro atoms. The highest BCUT2D eigenvalue weighted by molar-refractivity contribution is 5.95. The van der Waals surface area contributed by atoms with Crippen molar-refractivity contribution in [1.82, 2.24) is 15.1 Å². The average molecular weight is 251 g/mol. The van der Waals surface area contributed by atoms with Gasteiger partial charge in [-0.05, 0) is 19.3 Å². The number of amides is 1. The Hall–Kier alpha value is -1.36. The Morgan fingerprint density at radius 1 is 1.61 bits per heavy atom. The zero-order valence-corrected chi connectivity index (χ0v) is 11.0. The minimum absolute atomic E-state index is 0.0645. The van der Waals surface area contributed by atoms with Gasteiger partial charge in [-0.1, -0.05) is 13.3 Å². The van der Waals surface area contributed by atoms with Gasteiger partial charge in [0.05, 0.1) is 11.3 Å². The zero-order valence-electron chi connectivity index (χ0n) is 11.0. The zero-order chi connectivity index (χ0) is 13.1. The lowest BCUT2D eigenvalue weighted by Crippen LogP contribution is -2.38. The summed E-state index contributed by atoms with van der Waals surface area (Å²) in [6.07, 6.45) is 5.53. The summed E-state index contributed by atoms with van der Waals surface area (Å²) in [7, 11) is 1.82. The number of carbonyl (C=O) groups is 1. The average Bonchev–Trinajstić information content (AvgIpc) is 2.94. The van der Waals surface area contributed by atoms with Gasteiger partial charge in [-0.15, -0.1) is 0 Å². The van der Waals surface area contributed by atoms with E-state index < -0.39 is 0 Å². The van der Waals surface area contributed by atoms with E-state index in [0.29, 0.717) is 5.56 Å². The third kappa shape index (κ3) is 2.56. The summed E-state index contributed by atoms with van der Waals surface area (Å²) >= 11 is 0. The molecular weight excluding hydrogens is 230 g/mol. The van der Waals surface area contributed by atoms with Crippen LogP contribution < -0.4 is 5.32 Å². The highest BCUT2D eigenvalue weighted by Gasteiger charge is 2.28. The van der Waals surface area contributed by atoms with Crippen LogP contribution in [0.3, 0.4) is 0 Å². The molecule has 2 N–H and O–H groups in total. The molecule has 0 aromatic carbocycles. The number of nitrogens with one attached hydrogen (secondary N) is 1. The molecule has 0 aliphatic heterocycles. The molecule has 1 heterocycles. The number of aliphatic hydroxyl groups excluding tert-OH is 1. The van der Waals surface area contributed by atoms with E-state index >= 15 is 0 Å². The first-order chi connectivity index (χ1) is 8.65. The van der Waals surface area contributed by atoms with Crippen molar-refractivity contribution in [3.8, 4) is 0 Å². The maximum Gasteiger partial charge on any atom is 0.254 e. The summed E-state index contributed by atoms with van der Waals surface area (Å²) in [5.41, 5.74) is 1.48. The van der Waals surface area contributed by atoms with E-state index in [9.17, 15) is 9.90 Å². The van der Waals surface area contributed by atoms with Gasteiger partial charge in [-0.25, -0.2) is 0 Å². The van der Waals surface area contributed by atoms with Crippen LogP contribution in [-0.2, 0) is 13.5 Å². The summed E-state index contributed by atoms with van der Waals surface area (Å²) < 4.78 is 1.67. The molecule has 0 saturated heterocycles. The van der Waals surface area contributed by atoms with Gasteiger partial charge in [-0.2, -0.15) is 5.10 Å². The smallest absolute Gasteiger partial charge is 0.254 e. The molecular formula is C13H21N3O2. The van der Waals surface area contributed by atoms with Crippen molar-refractivity contribution in [1.29, 1.82) is 0 Å². The maximum absolute atomic E-state index is 12.2. The van der Waals surface area contributed by atoms with Crippen molar-refractivity contribution in [3.63, 3.8) is 0 Å². The van der Waals surface area contributed by atoms with Gasteiger partial charge in [0.15, 0.2) is 0 Å². The fourth-order valence-corrected chi connectivity index (χ4v) is 2.68. The molecule has 5 nitrogen and oxygen atoms in total. The van der Waals surface area contributed by atoms with Gasteiger partial charge in [0.2, 0.25) is 0 Å². The second-order valence-electron chi connectivity index (χ2n) is 4.97. The van der Waals surface area contributed by atoms with Crippen LogP contribution in [0.4, 0.5) is 0 Å². The van der Waals surface area contributed by atoms with E-state index in [-0.39, 0.29) is 24.5 Å². The van der Waals surface area contributed by atoms with Crippen molar-refractivity contribution in [3.05, 3.63) is 17.5 Å². The summed E-state index contributed by atoms with van der Waals surface area (Å²) in [6, 6.07) is 0.104. The number of aliphatic hydroxyl groups is 1. The number of aryl methyl sites for hydroxylation is 2. The van der Waals surface area contributed by atoms with Crippen LogP contribution in [0.5, 0.6) is 0 Å². The van der Waals surface area contributed by atoms with Crippen LogP contribution in [0, 0.1) is 5.92 Å². The molecule has 1 aliphatic rings. The van der Waals surface area contributed by atoms with Gasteiger partial charge in [-0.3, -0.25) is 9.48 Å². The van der Waals surface area contributed by atoms with Gasteiger partial charge >= 0.3 is 0 Å². The fraction of sp³-hybridized carbons (Fsp3) is 0.692. The molecule has 1 amide bonds. The fourth-order valence-electron chi connectivity index (χ4n) is 2.68. The van der Waals surface area contributed by atoms with E-state index in [2.05, 4.69) is 10.4 Å². The molecule has 1 saturated carbocycles. The highest BCUT2D eigenvalue weighted by atomic mass is 16.3. The first-order valence-electron chi connectivity index (χ1n) is 6.60. The van der Waals surface area contributed by atoms with Crippen LogP contribution in [0.25, 0.3) is 0 Å². The van der Waals surface area contributed by atoms with E-state index in [4.69, 9.17) is 0 Å². The number of nitrogens with zero attached hydrogens (tertiary/aromatic N) is 2. The van der Waals surface area contributed by atoms with Crippen molar-refractivity contribution in [2.45, 2.75) is 38.6 Å². The Kier molecular flexibility index (Phi) is 4.01. The number of hydrogen-bond donors (Lipinski definition) is 2. The van der Waals surface area contributed by atoms with Gasteiger partial charge in [0.25, 0.3) is 5.91 Å². The summed E-state index contributed by atoms with van der Waals surface area (Å²) in [6.45, 7) is 2.14. The van der Waals surface area contributed by atoms with Crippen molar-refractivity contribution in [2.75, 3.05) is 6.61 Å².